The molecule has 0 aromatic rings. The number of carboxylic acid groups (broad SMARTS) is 1. The normalized spacial score (nSPS) is 29.5. The molecular weight excluding hydrogens is 210 g/mol. The Balaban J connectivity index is 1.88. The fourth-order valence-electron chi connectivity index (χ4n) is 2.07. The first kappa shape index (κ1) is 11.1. The van der Waals surface area contributed by atoms with Crippen LogP contribution < -0.4 is 5.32 Å². The lowest BCUT2D eigenvalue weighted by Crippen LogP contribution is -2.44. The first-order valence-corrected chi connectivity index (χ1v) is 5.44. The van der Waals surface area contributed by atoms with E-state index in [2.05, 4.69) is 5.32 Å². The van der Waals surface area contributed by atoms with Gasteiger partial charge >= 0.3 is 5.97 Å². The summed E-state index contributed by atoms with van der Waals surface area (Å²) >= 11 is 0. The summed E-state index contributed by atoms with van der Waals surface area (Å²) in [5.74, 6) is -1.62. The zero-order chi connectivity index (χ0) is 11.5. The third-order valence-corrected chi connectivity index (χ3v) is 3.10. The predicted molar refractivity (Wildman–Crippen MR) is 55.7 cm³/mol. The minimum atomic E-state index is -0.910. The third-order valence-electron chi connectivity index (χ3n) is 3.10. The largest absolute Gasteiger partial charge is 0.481 e. The third kappa shape index (κ3) is 2.24. The molecule has 5 nitrogen and oxygen atoms in total. The number of rotatable bonds is 3. The van der Waals surface area contributed by atoms with Crippen molar-refractivity contribution >= 4 is 11.9 Å². The average molecular weight is 225 g/mol. The van der Waals surface area contributed by atoms with E-state index in [1.165, 1.54) is 0 Å². The molecule has 1 heterocycles. The topological polar surface area (TPSA) is 75.6 Å². The summed E-state index contributed by atoms with van der Waals surface area (Å²) < 4.78 is 5.08. The molecule has 88 valence electrons. The Morgan fingerprint density at radius 2 is 1.94 bits per heavy atom. The number of allylic oxidation sites excluding steroid dienone is 2. The Kier molecular flexibility index (Phi) is 3.24. The molecule has 0 spiro atoms. The summed E-state index contributed by atoms with van der Waals surface area (Å²) in [6.45, 7) is 0.478. The minimum Gasteiger partial charge on any atom is -0.481 e. The number of nitrogens with one attached hydrogen (secondary N) is 1. The van der Waals surface area contributed by atoms with Gasteiger partial charge in [-0.25, -0.2) is 0 Å². The molecule has 2 aliphatic rings. The van der Waals surface area contributed by atoms with Gasteiger partial charge in [-0.15, -0.1) is 0 Å². The van der Waals surface area contributed by atoms with Crippen molar-refractivity contribution in [3.05, 3.63) is 12.2 Å². The summed E-state index contributed by atoms with van der Waals surface area (Å²) in [5.41, 5.74) is 0. The molecule has 0 aromatic carbocycles. The summed E-state index contributed by atoms with van der Waals surface area (Å²) in [7, 11) is 0. The molecule has 1 aliphatic heterocycles. The predicted octanol–water partition coefficient (Wildman–Crippen LogP) is 0.168. The van der Waals surface area contributed by atoms with E-state index in [4.69, 9.17) is 9.84 Å². The number of aliphatic carboxylic acids is 1. The Hall–Kier alpha value is -1.36. The van der Waals surface area contributed by atoms with E-state index < -0.39 is 11.9 Å². The molecule has 2 unspecified atom stereocenters. The van der Waals surface area contributed by atoms with Crippen LogP contribution in [0.2, 0.25) is 0 Å². The molecule has 1 aliphatic carbocycles. The van der Waals surface area contributed by atoms with Crippen molar-refractivity contribution in [2.45, 2.75) is 18.9 Å². The van der Waals surface area contributed by atoms with E-state index >= 15 is 0 Å². The van der Waals surface area contributed by atoms with E-state index in [1.54, 1.807) is 0 Å². The van der Waals surface area contributed by atoms with Gasteiger partial charge in [0.2, 0.25) is 5.91 Å². The van der Waals surface area contributed by atoms with Crippen LogP contribution >= 0.6 is 0 Å². The second-order valence-electron chi connectivity index (χ2n) is 4.24. The zero-order valence-electron chi connectivity index (χ0n) is 8.89. The van der Waals surface area contributed by atoms with Crippen LogP contribution in [0.1, 0.15) is 12.8 Å². The molecule has 0 bridgehead atoms. The van der Waals surface area contributed by atoms with Crippen LogP contribution in [0.25, 0.3) is 0 Å². The van der Waals surface area contributed by atoms with Gasteiger partial charge in [0.05, 0.1) is 19.3 Å². The highest BCUT2D eigenvalue weighted by molar-refractivity contribution is 5.81. The van der Waals surface area contributed by atoms with E-state index in [-0.39, 0.29) is 24.5 Å². The summed E-state index contributed by atoms with van der Waals surface area (Å²) in [6, 6.07) is -0.384. The van der Waals surface area contributed by atoms with Gasteiger partial charge in [-0.3, -0.25) is 9.59 Å². The second kappa shape index (κ2) is 4.65. The van der Waals surface area contributed by atoms with Crippen molar-refractivity contribution in [1.29, 1.82) is 0 Å². The summed E-state index contributed by atoms with van der Waals surface area (Å²) in [5, 5.41) is 11.7. The van der Waals surface area contributed by atoms with E-state index in [0.717, 1.165) is 12.8 Å². The van der Waals surface area contributed by atoms with Crippen LogP contribution in [0.5, 0.6) is 0 Å². The maximum Gasteiger partial charge on any atom is 0.311 e. The number of hydrogen-bond acceptors (Lipinski definition) is 3. The number of hydrogen-bond donors (Lipinski definition) is 2. The first-order chi connectivity index (χ1) is 7.68. The monoisotopic (exact) mass is 225 g/mol. The molecule has 0 aromatic heterocycles. The first-order valence-electron chi connectivity index (χ1n) is 5.44. The highest BCUT2D eigenvalue weighted by atomic mass is 16.5. The Bertz CT molecular complexity index is 318. The highest BCUT2D eigenvalue weighted by Gasteiger charge is 2.36. The van der Waals surface area contributed by atoms with Gasteiger partial charge in [0.15, 0.2) is 0 Å². The second-order valence-corrected chi connectivity index (χ2v) is 4.24. The molecule has 16 heavy (non-hydrogen) atoms. The Morgan fingerprint density at radius 1 is 1.25 bits per heavy atom. The minimum absolute atomic E-state index is 0.0324. The number of carboxylic acids is 1. The van der Waals surface area contributed by atoms with Crippen LogP contribution in [-0.2, 0) is 14.3 Å². The highest BCUT2D eigenvalue weighted by Crippen LogP contribution is 2.20. The SMILES string of the molecule is O=C(NC1COCC1C(=O)O)C1CC=CC1. The molecule has 0 saturated carbocycles. The number of amides is 1. The van der Waals surface area contributed by atoms with Gasteiger partial charge in [-0.1, -0.05) is 12.2 Å². The lowest BCUT2D eigenvalue weighted by molar-refractivity contribution is -0.142. The number of carbonyl (C=O) groups is 2. The summed E-state index contributed by atoms with van der Waals surface area (Å²) in [6.07, 6.45) is 5.45. The van der Waals surface area contributed by atoms with Crippen LogP contribution in [0.15, 0.2) is 12.2 Å². The van der Waals surface area contributed by atoms with Crippen molar-refractivity contribution < 1.29 is 19.4 Å². The Labute approximate surface area is 93.5 Å². The maximum absolute atomic E-state index is 11.8. The molecule has 5 heteroatoms. The van der Waals surface area contributed by atoms with Crippen molar-refractivity contribution in [3.8, 4) is 0 Å². The van der Waals surface area contributed by atoms with Gasteiger partial charge < -0.3 is 15.2 Å². The number of carbonyl (C=O) groups excluding carboxylic acids is 1. The average Bonchev–Trinajstić information content (AvgIpc) is 2.86. The van der Waals surface area contributed by atoms with Crippen LogP contribution in [0.3, 0.4) is 0 Å². The van der Waals surface area contributed by atoms with E-state index in [1.807, 2.05) is 12.2 Å². The molecule has 2 atom stereocenters. The lowest BCUT2D eigenvalue weighted by atomic mass is 10.0. The van der Waals surface area contributed by atoms with Crippen molar-refractivity contribution in [2.24, 2.45) is 11.8 Å². The maximum atomic E-state index is 11.8. The molecule has 2 rings (SSSR count). The molecule has 0 radical (unpaired) electrons. The van der Waals surface area contributed by atoms with Crippen LogP contribution in [-0.4, -0.2) is 36.2 Å². The van der Waals surface area contributed by atoms with Gasteiger partial charge in [0.25, 0.3) is 0 Å². The van der Waals surface area contributed by atoms with Gasteiger partial charge in [-0.05, 0) is 12.8 Å². The van der Waals surface area contributed by atoms with E-state index in [0.29, 0.717) is 6.61 Å². The van der Waals surface area contributed by atoms with Crippen molar-refractivity contribution in [1.82, 2.24) is 5.32 Å². The molecule has 1 saturated heterocycles. The van der Waals surface area contributed by atoms with Crippen molar-refractivity contribution in [2.75, 3.05) is 13.2 Å². The van der Waals surface area contributed by atoms with Crippen LogP contribution in [0, 0.1) is 11.8 Å². The van der Waals surface area contributed by atoms with Gasteiger partial charge in [0, 0.05) is 5.92 Å². The van der Waals surface area contributed by atoms with Crippen LogP contribution in [0.4, 0.5) is 0 Å². The van der Waals surface area contributed by atoms with Crippen molar-refractivity contribution in [3.63, 3.8) is 0 Å². The van der Waals surface area contributed by atoms with Gasteiger partial charge in [0.1, 0.15) is 5.92 Å². The molecule has 1 amide bonds. The molecule has 1 fully saturated rings. The fourth-order valence-corrected chi connectivity index (χ4v) is 2.07. The zero-order valence-corrected chi connectivity index (χ0v) is 8.89. The Morgan fingerprint density at radius 3 is 2.56 bits per heavy atom. The summed E-state index contributed by atoms with van der Waals surface area (Å²) in [4.78, 5) is 22.6. The lowest BCUT2D eigenvalue weighted by Gasteiger charge is -2.18. The standard InChI is InChI=1S/C11H15NO4/c13-10(7-3-1-2-4-7)12-9-6-16-5-8(9)11(14)15/h1-2,7-9H,3-6H2,(H,12,13)(H,14,15). The molecule has 2 N–H and O–H groups in total. The quantitative estimate of drug-likeness (QED) is 0.671. The fraction of sp³-hybridized carbons (Fsp3) is 0.636. The number of ether oxygens (including phenoxy) is 1. The van der Waals surface area contributed by atoms with Gasteiger partial charge in [-0.2, -0.15) is 0 Å². The smallest absolute Gasteiger partial charge is 0.311 e. The molecular formula is C11H15NO4. The van der Waals surface area contributed by atoms with E-state index in [9.17, 15) is 9.59 Å².